The lowest BCUT2D eigenvalue weighted by molar-refractivity contribution is -0.133. The molecule has 1 amide bonds. The van der Waals surface area contributed by atoms with Gasteiger partial charge in [0.15, 0.2) is 14.8 Å². The highest BCUT2D eigenvalue weighted by molar-refractivity contribution is 9.10. The Morgan fingerprint density at radius 2 is 2.26 bits per heavy atom. The summed E-state index contributed by atoms with van der Waals surface area (Å²) >= 11 is 5.23. The van der Waals surface area contributed by atoms with Crippen LogP contribution >= 0.6 is 39.0 Å². The molecule has 0 radical (unpaired) electrons. The molecule has 2 rings (SSSR count). The van der Waals surface area contributed by atoms with E-state index in [4.69, 9.17) is 9.52 Å². The average Bonchev–Trinajstić information content (AvgIpc) is 2.95. The standard InChI is InChI=1S/C9H6BrN3O4S2/c10-5-2-1-4(17-5)7(16)11-8-12-13-9(19-8)18-3-6(14)15/h1-2H,3H2,(H,14,15)(H,11,12,16). The number of rotatable bonds is 5. The van der Waals surface area contributed by atoms with Crippen molar-refractivity contribution in [2.45, 2.75) is 4.34 Å². The Labute approximate surface area is 123 Å². The molecule has 2 N–H and O–H groups in total. The highest BCUT2D eigenvalue weighted by atomic mass is 79.9. The van der Waals surface area contributed by atoms with Gasteiger partial charge in [0.05, 0.1) is 5.75 Å². The average molecular weight is 364 g/mol. The third kappa shape index (κ3) is 4.04. The molecule has 0 spiro atoms. The van der Waals surface area contributed by atoms with Crippen LogP contribution in [-0.2, 0) is 4.79 Å². The summed E-state index contributed by atoms with van der Waals surface area (Å²) in [6, 6.07) is 3.11. The van der Waals surface area contributed by atoms with E-state index in [1.165, 1.54) is 6.07 Å². The number of halogens is 1. The van der Waals surface area contributed by atoms with Crippen LogP contribution in [-0.4, -0.2) is 32.9 Å². The number of furan rings is 1. The Bertz CT molecular complexity index is 612. The van der Waals surface area contributed by atoms with Crippen LogP contribution in [0.25, 0.3) is 0 Å². The maximum absolute atomic E-state index is 11.7. The number of nitrogens with one attached hydrogen (secondary N) is 1. The minimum Gasteiger partial charge on any atom is -0.481 e. The number of hydrogen-bond donors (Lipinski definition) is 2. The molecular formula is C9H6BrN3O4S2. The molecule has 19 heavy (non-hydrogen) atoms. The van der Waals surface area contributed by atoms with Crippen molar-refractivity contribution in [3.63, 3.8) is 0 Å². The fourth-order valence-corrected chi connectivity index (χ4v) is 2.81. The highest BCUT2D eigenvalue weighted by Crippen LogP contribution is 2.25. The maximum atomic E-state index is 11.7. The Morgan fingerprint density at radius 1 is 1.47 bits per heavy atom. The van der Waals surface area contributed by atoms with Crippen LogP contribution in [0.1, 0.15) is 10.6 Å². The van der Waals surface area contributed by atoms with Crippen LogP contribution in [0.15, 0.2) is 25.6 Å². The predicted molar refractivity (Wildman–Crippen MR) is 72.6 cm³/mol. The maximum Gasteiger partial charge on any atom is 0.313 e. The molecule has 0 aliphatic heterocycles. The molecule has 7 nitrogen and oxygen atoms in total. The number of nitrogens with zero attached hydrogens (tertiary/aromatic N) is 2. The van der Waals surface area contributed by atoms with Crippen molar-refractivity contribution in [1.29, 1.82) is 0 Å². The Balaban J connectivity index is 1.96. The number of aliphatic carboxylic acids is 1. The van der Waals surface area contributed by atoms with E-state index >= 15 is 0 Å². The minimum absolute atomic E-state index is 0.103. The van der Waals surface area contributed by atoms with Gasteiger partial charge in [-0.3, -0.25) is 14.9 Å². The van der Waals surface area contributed by atoms with Gasteiger partial charge in [0.25, 0.3) is 5.91 Å². The van der Waals surface area contributed by atoms with E-state index in [1.807, 2.05) is 0 Å². The van der Waals surface area contributed by atoms with E-state index in [2.05, 4.69) is 31.4 Å². The number of amides is 1. The smallest absolute Gasteiger partial charge is 0.313 e. The minimum atomic E-state index is -0.939. The molecule has 0 saturated heterocycles. The third-order valence-corrected chi connectivity index (χ3v) is 4.13. The number of anilines is 1. The number of hydrogen-bond acceptors (Lipinski definition) is 7. The second-order valence-corrected chi connectivity index (χ2v) is 6.09. The summed E-state index contributed by atoms with van der Waals surface area (Å²) in [7, 11) is 0. The number of carbonyl (C=O) groups excluding carboxylic acids is 1. The van der Waals surface area contributed by atoms with Gasteiger partial charge in [-0.25, -0.2) is 0 Å². The predicted octanol–water partition coefficient (Wildman–Crippen LogP) is 2.32. The third-order valence-electron chi connectivity index (χ3n) is 1.74. The zero-order chi connectivity index (χ0) is 13.8. The quantitative estimate of drug-likeness (QED) is 0.620. The lowest BCUT2D eigenvalue weighted by atomic mass is 10.4. The van der Waals surface area contributed by atoms with Gasteiger partial charge in [0.1, 0.15) is 0 Å². The second-order valence-electron chi connectivity index (χ2n) is 3.11. The van der Waals surface area contributed by atoms with Crippen LogP contribution in [0.4, 0.5) is 5.13 Å². The number of carboxylic acids is 1. The monoisotopic (exact) mass is 363 g/mol. The van der Waals surface area contributed by atoms with Crippen molar-refractivity contribution in [2.75, 3.05) is 11.1 Å². The molecule has 0 aromatic carbocycles. The first kappa shape index (κ1) is 14.0. The summed E-state index contributed by atoms with van der Waals surface area (Å²) in [6.07, 6.45) is 0. The molecule has 2 aromatic rings. The zero-order valence-corrected chi connectivity index (χ0v) is 12.3. The van der Waals surface area contributed by atoms with Gasteiger partial charge < -0.3 is 9.52 Å². The van der Waals surface area contributed by atoms with Crippen LogP contribution in [0, 0.1) is 0 Å². The van der Waals surface area contributed by atoms with Crippen LogP contribution in [0.2, 0.25) is 0 Å². The molecule has 2 heterocycles. The largest absolute Gasteiger partial charge is 0.481 e. The van der Waals surface area contributed by atoms with Gasteiger partial charge in [-0.15, -0.1) is 10.2 Å². The molecule has 0 atom stereocenters. The summed E-state index contributed by atoms with van der Waals surface area (Å²) < 4.78 is 6.00. The van der Waals surface area contributed by atoms with E-state index in [9.17, 15) is 9.59 Å². The molecule has 0 saturated carbocycles. The van der Waals surface area contributed by atoms with Crippen molar-refractivity contribution >= 4 is 56.0 Å². The zero-order valence-electron chi connectivity index (χ0n) is 9.12. The lowest BCUT2D eigenvalue weighted by Crippen LogP contribution is -2.10. The molecule has 0 aliphatic carbocycles. The number of carboxylic acid groups (broad SMARTS) is 1. The summed E-state index contributed by atoms with van der Waals surface area (Å²) in [6.45, 7) is 0. The summed E-state index contributed by atoms with van der Waals surface area (Å²) in [5.41, 5.74) is 0. The Morgan fingerprint density at radius 3 is 2.89 bits per heavy atom. The van der Waals surface area contributed by atoms with E-state index in [0.717, 1.165) is 23.1 Å². The van der Waals surface area contributed by atoms with Gasteiger partial charge in [-0.05, 0) is 28.1 Å². The second kappa shape index (κ2) is 6.17. The Kier molecular flexibility index (Phi) is 4.56. The van der Waals surface area contributed by atoms with E-state index < -0.39 is 11.9 Å². The fourth-order valence-electron chi connectivity index (χ4n) is 1.04. The fraction of sp³-hybridized carbons (Fsp3) is 0.111. The van der Waals surface area contributed by atoms with Crippen molar-refractivity contribution in [3.05, 3.63) is 22.6 Å². The van der Waals surface area contributed by atoms with Crippen molar-refractivity contribution in [2.24, 2.45) is 0 Å². The van der Waals surface area contributed by atoms with Gasteiger partial charge in [0.2, 0.25) is 5.13 Å². The lowest BCUT2D eigenvalue weighted by Gasteiger charge is -1.95. The molecular weight excluding hydrogens is 358 g/mol. The first-order valence-electron chi connectivity index (χ1n) is 4.79. The topological polar surface area (TPSA) is 105 Å². The van der Waals surface area contributed by atoms with Crippen LogP contribution in [0.3, 0.4) is 0 Å². The molecule has 0 bridgehead atoms. The van der Waals surface area contributed by atoms with Crippen molar-refractivity contribution in [1.82, 2.24) is 10.2 Å². The molecule has 100 valence electrons. The number of aromatic nitrogens is 2. The summed E-state index contributed by atoms with van der Waals surface area (Å²) in [4.78, 5) is 22.1. The molecule has 0 fully saturated rings. The van der Waals surface area contributed by atoms with Crippen molar-refractivity contribution < 1.29 is 19.1 Å². The van der Waals surface area contributed by atoms with E-state index in [0.29, 0.717) is 9.01 Å². The van der Waals surface area contributed by atoms with E-state index in [-0.39, 0.29) is 16.6 Å². The molecule has 2 aromatic heterocycles. The summed E-state index contributed by atoms with van der Waals surface area (Å²) in [5.74, 6) is -1.35. The summed E-state index contributed by atoms with van der Waals surface area (Å²) in [5, 5.41) is 18.8. The number of carbonyl (C=O) groups is 2. The number of thioether (sulfide) groups is 1. The highest BCUT2D eigenvalue weighted by Gasteiger charge is 2.14. The van der Waals surface area contributed by atoms with Gasteiger partial charge >= 0.3 is 5.97 Å². The first-order chi connectivity index (χ1) is 9.04. The SMILES string of the molecule is O=C(O)CSc1nnc(NC(=O)c2ccc(Br)o2)s1. The van der Waals surface area contributed by atoms with Gasteiger partial charge in [0, 0.05) is 0 Å². The van der Waals surface area contributed by atoms with Crippen molar-refractivity contribution in [3.8, 4) is 0 Å². The normalized spacial score (nSPS) is 10.4. The van der Waals surface area contributed by atoms with Crippen LogP contribution < -0.4 is 5.32 Å². The molecule has 0 unspecified atom stereocenters. The van der Waals surface area contributed by atoms with E-state index in [1.54, 1.807) is 6.07 Å². The van der Waals surface area contributed by atoms with Crippen LogP contribution in [0.5, 0.6) is 0 Å². The molecule has 10 heteroatoms. The first-order valence-corrected chi connectivity index (χ1v) is 7.39. The van der Waals surface area contributed by atoms with Gasteiger partial charge in [-0.2, -0.15) is 0 Å². The Hall–Kier alpha value is -1.39. The molecule has 0 aliphatic rings. The van der Waals surface area contributed by atoms with Gasteiger partial charge in [-0.1, -0.05) is 23.1 Å².